The van der Waals surface area contributed by atoms with Crippen molar-refractivity contribution in [1.82, 2.24) is 0 Å². The van der Waals surface area contributed by atoms with Crippen molar-refractivity contribution in [1.29, 1.82) is 0 Å². The molecule has 0 saturated carbocycles. The van der Waals surface area contributed by atoms with Crippen LogP contribution in [0.5, 0.6) is 11.5 Å². The zero-order valence-electron chi connectivity index (χ0n) is 10.7. The summed E-state index contributed by atoms with van der Waals surface area (Å²) in [5.41, 5.74) is 2.36. The molecule has 0 N–H and O–H groups in total. The molecule has 0 spiro atoms. The average Bonchev–Trinajstić information content (AvgIpc) is 2.93. The summed E-state index contributed by atoms with van der Waals surface area (Å²) < 4.78 is 10.7. The largest absolute Gasteiger partial charge is 0.496 e. The Labute approximate surface area is 111 Å². The number of carbonyl (C=O) groups is 1. The highest BCUT2D eigenvalue weighted by Gasteiger charge is 2.18. The predicted molar refractivity (Wildman–Crippen MR) is 72.1 cm³/mol. The zero-order valence-corrected chi connectivity index (χ0v) is 10.7. The molecule has 19 heavy (non-hydrogen) atoms. The highest BCUT2D eigenvalue weighted by Crippen LogP contribution is 2.28. The number of ether oxygens (including phenoxy) is 2. The van der Waals surface area contributed by atoms with Gasteiger partial charge in [0.15, 0.2) is 5.78 Å². The van der Waals surface area contributed by atoms with Crippen LogP contribution >= 0.6 is 0 Å². The molecule has 0 fully saturated rings. The second-order valence-electron chi connectivity index (χ2n) is 4.45. The van der Waals surface area contributed by atoms with Crippen molar-refractivity contribution < 1.29 is 14.3 Å². The number of carbonyl (C=O) groups excluding carboxylic acids is 1. The van der Waals surface area contributed by atoms with Gasteiger partial charge in [-0.1, -0.05) is 12.1 Å². The van der Waals surface area contributed by atoms with Crippen LogP contribution in [0, 0.1) is 0 Å². The second kappa shape index (κ2) is 4.76. The van der Waals surface area contributed by atoms with E-state index in [0.29, 0.717) is 23.5 Å². The molecule has 1 heterocycles. The number of hydrogen-bond donors (Lipinski definition) is 0. The minimum absolute atomic E-state index is 0.0212. The van der Waals surface area contributed by atoms with Gasteiger partial charge >= 0.3 is 0 Å². The van der Waals surface area contributed by atoms with Crippen LogP contribution in [-0.2, 0) is 6.42 Å². The van der Waals surface area contributed by atoms with Crippen molar-refractivity contribution in [2.45, 2.75) is 6.42 Å². The number of benzene rings is 2. The van der Waals surface area contributed by atoms with Crippen molar-refractivity contribution in [3.05, 3.63) is 59.2 Å². The molecule has 0 aliphatic carbocycles. The summed E-state index contributed by atoms with van der Waals surface area (Å²) in [7, 11) is 1.57. The average molecular weight is 254 g/mol. The zero-order chi connectivity index (χ0) is 13.2. The second-order valence-corrected chi connectivity index (χ2v) is 4.45. The first-order chi connectivity index (χ1) is 9.29. The number of fused-ring (bicyclic) bond motifs is 1. The molecule has 0 atom stereocenters. The van der Waals surface area contributed by atoms with Crippen molar-refractivity contribution in [2.75, 3.05) is 13.7 Å². The maximum atomic E-state index is 12.5. The summed E-state index contributed by atoms with van der Waals surface area (Å²) in [5.74, 6) is 1.47. The third-order valence-electron chi connectivity index (χ3n) is 3.30. The summed E-state index contributed by atoms with van der Waals surface area (Å²) >= 11 is 0. The fraction of sp³-hybridized carbons (Fsp3) is 0.188. The quantitative estimate of drug-likeness (QED) is 0.790. The van der Waals surface area contributed by atoms with E-state index in [1.54, 1.807) is 25.3 Å². The Morgan fingerprint density at radius 2 is 2.05 bits per heavy atom. The van der Waals surface area contributed by atoms with Gasteiger partial charge in [0.2, 0.25) is 0 Å². The molecule has 3 rings (SSSR count). The van der Waals surface area contributed by atoms with Crippen LogP contribution < -0.4 is 9.47 Å². The summed E-state index contributed by atoms with van der Waals surface area (Å²) in [4.78, 5) is 12.5. The minimum atomic E-state index is -0.0212. The van der Waals surface area contributed by atoms with Crippen molar-refractivity contribution in [2.24, 2.45) is 0 Å². The summed E-state index contributed by atoms with van der Waals surface area (Å²) in [6, 6.07) is 12.9. The van der Waals surface area contributed by atoms with E-state index < -0.39 is 0 Å². The normalized spacial score (nSPS) is 12.7. The molecule has 3 nitrogen and oxygen atoms in total. The molecule has 3 heteroatoms. The molecule has 2 aromatic carbocycles. The third-order valence-corrected chi connectivity index (χ3v) is 3.30. The summed E-state index contributed by atoms with van der Waals surface area (Å²) in [6.07, 6.45) is 0.863. The van der Waals surface area contributed by atoms with Crippen LogP contribution in [0.4, 0.5) is 0 Å². The smallest absolute Gasteiger partial charge is 0.196 e. The predicted octanol–water partition coefficient (Wildman–Crippen LogP) is 2.86. The summed E-state index contributed by atoms with van der Waals surface area (Å²) in [5, 5.41) is 0. The van der Waals surface area contributed by atoms with Gasteiger partial charge in [-0.2, -0.15) is 0 Å². The van der Waals surface area contributed by atoms with E-state index in [9.17, 15) is 4.79 Å². The molecule has 96 valence electrons. The summed E-state index contributed by atoms with van der Waals surface area (Å²) in [6.45, 7) is 0.696. The van der Waals surface area contributed by atoms with Crippen molar-refractivity contribution >= 4 is 5.78 Å². The van der Waals surface area contributed by atoms with Gasteiger partial charge in [0, 0.05) is 12.0 Å². The first-order valence-corrected chi connectivity index (χ1v) is 6.23. The Kier molecular flexibility index (Phi) is 2.95. The topological polar surface area (TPSA) is 35.5 Å². The Balaban J connectivity index is 2.00. The van der Waals surface area contributed by atoms with Gasteiger partial charge in [-0.25, -0.2) is 0 Å². The Hall–Kier alpha value is -2.29. The molecule has 1 aliphatic rings. The lowest BCUT2D eigenvalue weighted by molar-refractivity contribution is 0.103. The molecule has 0 saturated heterocycles. The van der Waals surface area contributed by atoms with Crippen molar-refractivity contribution in [3.8, 4) is 11.5 Å². The van der Waals surface area contributed by atoms with E-state index in [1.807, 2.05) is 24.3 Å². The van der Waals surface area contributed by atoms with Crippen LogP contribution in [-0.4, -0.2) is 19.5 Å². The highest BCUT2D eigenvalue weighted by molar-refractivity contribution is 6.10. The lowest BCUT2D eigenvalue weighted by atomic mass is 10.00. The maximum Gasteiger partial charge on any atom is 0.196 e. The van der Waals surface area contributed by atoms with Crippen LogP contribution in [0.15, 0.2) is 42.5 Å². The molecule has 0 unspecified atom stereocenters. The fourth-order valence-corrected chi connectivity index (χ4v) is 2.32. The van der Waals surface area contributed by atoms with Gasteiger partial charge in [0.1, 0.15) is 11.5 Å². The number of hydrogen-bond acceptors (Lipinski definition) is 3. The number of methoxy groups -OCH3 is 1. The van der Waals surface area contributed by atoms with Gasteiger partial charge in [0.25, 0.3) is 0 Å². The molecular weight excluding hydrogens is 240 g/mol. The van der Waals surface area contributed by atoms with E-state index in [-0.39, 0.29) is 5.78 Å². The number of para-hydroxylation sites is 1. The molecule has 1 aliphatic heterocycles. The molecular formula is C16H14O3. The van der Waals surface area contributed by atoms with Crippen LogP contribution in [0.2, 0.25) is 0 Å². The molecule has 2 aromatic rings. The Morgan fingerprint density at radius 1 is 1.21 bits per heavy atom. The van der Waals surface area contributed by atoms with Gasteiger partial charge in [-0.15, -0.1) is 0 Å². The van der Waals surface area contributed by atoms with Crippen LogP contribution in [0.1, 0.15) is 21.5 Å². The van der Waals surface area contributed by atoms with Gasteiger partial charge in [-0.3, -0.25) is 4.79 Å². The Morgan fingerprint density at radius 3 is 2.89 bits per heavy atom. The highest BCUT2D eigenvalue weighted by atomic mass is 16.5. The van der Waals surface area contributed by atoms with E-state index in [4.69, 9.17) is 9.47 Å². The van der Waals surface area contributed by atoms with Gasteiger partial charge in [-0.05, 0) is 35.9 Å². The fourth-order valence-electron chi connectivity index (χ4n) is 2.32. The SMILES string of the molecule is COc1ccccc1C(=O)c1ccc2c(c1)CCO2. The Bertz CT molecular complexity index is 632. The number of ketones is 1. The minimum Gasteiger partial charge on any atom is -0.496 e. The maximum absolute atomic E-state index is 12.5. The lowest BCUT2D eigenvalue weighted by Gasteiger charge is -2.08. The van der Waals surface area contributed by atoms with Crippen LogP contribution in [0.25, 0.3) is 0 Å². The molecule has 0 aromatic heterocycles. The van der Waals surface area contributed by atoms with E-state index in [0.717, 1.165) is 17.7 Å². The van der Waals surface area contributed by atoms with E-state index >= 15 is 0 Å². The third kappa shape index (κ3) is 2.08. The van der Waals surface area contributed by atoms with Crippen LogP contribution in [0.3, 0.4) is 0 Å². The van der Waals surface area contributed by atoms with Gasteiger partial charge in [0.05, 0.1) is 19.3 Å². The van der Waals surface area contributed by atoms with Crippen molar-refractivity contribution in [3.63, 3.8) is 0 Å². The van der Waals surface area contributed by atoms with Gasteiger partial charge < -0.3 is 9.47 Å². The standard InChI is InChI=1S/C16H14O3/c1-18-15-5-3-2-4-13(15)16(17)12-6-7-14-11(10-12)8-9-19-14/h2-7,10H,8-9H2,1H3. The number of rotatable bonds is 3. The van der Waals surface area contributed by atoms with E-state index in [1.165, 1.54) is 0 Å². The monoisotopic (exact) mass is 254 g/mol. The first kappa shape index (κ1) is 11.8. The lowest BCUT2D eigenvalue weighted by Crippen LogP contribution is -2.04. The first-order valence-electron chi connectivity index (χ1n) is 6.23. The molecule has 0 bridgehead atoms. The molecule has 0 radical (unpaired) electrons. The molecule has 0 amide bonds. The van der Waals surface area contributed by atoms with E-state index in [2.05, 4.69) is 0 Å².